The quantitative estimate of drug-likeness (QED) is 0.833. The van der Waals surface area contributed by atoms with Crippen molar-refractivity contribution >= 4 is 0 Å². The highest BCUT2D eigenvalue weighted by molar-refractivity contribution is 5.40. The Bertz CT molecular complexity index is 614. The van der Waals surface area contributed by atoms with Crippen LogP contribution in [-0.2, 0) is 6.42 Å². The van der Waals surface area contributed by atoms with Gasteiger partial charge in [0.15, 0.2) is 0 Å². The highest BCUT2D eigenvalue weighted by atomic mass is 16.3. The van der Waals surface area contributed by atoms with Crippen LogP contribution in [0, 0.1) is 13.8 Å². The molecule has 1 N–H and O–H groups in total. The van der Waals surface area contributed by atoms with Crippen LogP contribution in [-0.4, -0.2) is 6.54 Å². The number of hydrogen-bond acceptors (Lipinski definition) is 2. The van der Waals surface area contributed by atoms with Gasteiger partial charge in [0, 0.05) is 11.6 Å². The summed E-state index contributed by atoms with van der Waals surface area (Å²) < 4.78 is 5.74. The molecule has 0 saturated heterocycles. The maximum absolute atomic E-state index is 5.74. The topological polar surface area (TPSA) is 25.2 Å². The molecule has 1 aromatic carbocycles. The molecular formula is C19H25NO. The Kier molecular flexibility index (Phi) is 4.16. The highest BCUT2D eigenvalue weighted by Crippen LogP contribution is 2.41. The Morgan fingerprint density at radius 3 is 2.76 bits per heavy atom. The third-order valence-electron chi connectivity index (χ3n) is 4.58. The van der Waals surface area contributed by atoms with Gasteiger partial charge in [-0.2, -0.15) is 0 Å². The molecule has 2 heteroatoms. The van der Waals surface area contributed by atoms with Gasteiger partial charge in [-0.15, -0.1) is 0 Å². The van der Waals surface area contributed by atoms with Crippen molar-refractivity contribution in [1.29, 1.82) is 0 Å². The van der Waals surface area contributed by atoms with Crippen LogP contribution in [0.25, 0.3) is 0 Å². The van der Waals surface area contributed by atoms with E-state index in [0.717, 1.165) is 30.9 Å². The molecule has 0 saturated carbocycles. The van der Waals surface area contributed by atoms with E-state index in [1.54, 1.807) is 5.56 Å². The van der Waals surface area contributed by atoms with Crippen molar-refractivity contribution in [3.63, 3.8) is 0 Å². The second kappa shape index (κ2) is 6.07. The summed E-state index contributed by atoms with van der Waals surface area (Å²) in [5.41, 5.74) is 4.40. The molecule has 2 atom stereocenters. The zero-order chi connectivity index (χ0) is 14.8. The predicted octanol–water partition coefficient (Wildman–Crippen LogP) is 4.67. The van der Waals surface area contributed by atoms with Gasteiger partial charge in [-0.1, -0.05) is 31.2 Å². The Labute approximate surface area is 127 Å². The fourth-order valence-electron chi connectivity index (χ4n) is 3.49. The second-order valence-electron chi connectivity index (χ2n) is 6.21. The molecule has 21 heavy (non-hydrogen) atoms. The van der Waals surface area contributed by atoms with Crippen LogP contribution in [0.2, 0.25) is 0 Å². The van der Waals surface area contributed by atoms with Crippen molar-refractivity contribution < 1.29 is 4.42 Å². The van der Waals surface area contributed by atoms with E-state index in [1.165, 1.54) is 17.5 Å². The third-order valence-corrected chi connectivity index (χ3v) is 4.58. The first-order chi connectivity index (χ1) is 10.2. The second-order valence-corrected chi connectivity index (χ2v) is 6.21. The average Bonchev–Trinajstić information content (AvgIpc) is 2.78. The number of nitrogens with one attached hydrogen (secondary N) is 1. The van der Waals surface area contributed by atoms with Crippen LogP contribution in [0.4, 0.5) is 0 Å². The van der Waals surface area contributed by atoms with E-state index in [0.29, 0.717) is 12.0 Å². The summed E-state index contributed by atoms with van der Waals surface area (Å²) >= 11 is 0. The van der Waals surface area contributed by atoms with Crippen molar-refractivity contribution in [2.45, 2.75) is 52.0 Å². The maximum Gasteiger partial charge on any atom is 0.105 e. The highest BCUT2D eigenvalue weighted by Gasteiger charge is 2.29. The van der Waals surface area contributed by atoms with E-state index < -0.39 is 0 Å². The minimum absolute atomic E-state index is 0.403. The number of hydrogen-bond donors (Lipinski definition) is 1. The Hall–Kier alpha value is -1.54. The molecule has 2 aromatic rings. The van der Waals surface area contributed by atoms with Gasteiger partial charge in [-0.3, -0.25) is 0 Å². The van der Waals surface area contributed by atoms with Gasteiger partial charge >= 0.3 is 0 Å². The molecular weight excluding hydrogens is 258 g/mol. The lowest BCUT2D eigenvalue weighted by Gasteiger charge is -2.33. The third kappa shape index (κ3) is 2.91. The fourth-order valence-corrected chi connectivity index (χ4v) is 3.49. The van der Waals surface area contributed by atoms with E-state index in [9.17, 15) is 0 Å². The van der Waals surface area contributed by atoms with Gasteiger partial charge in [-0.05, 0) is 62.8 Å². The summed E-state index contributed by atoms with van der Waals surface area (Å²) in [6.07, 6.45) is 3.54. The minimum atomic E-state index is 0.403. The molecule has 2 nitrogen and oxygen atoms in total. The van der Waals surface area contributed by atoms with E-state index in [1.807, 2.05) is 6.92 Å². The molecule has 1 aliphatic rings. The van der Waals surface area contributed by atoms with Gasteiger partial charge in [0.1, 0.15) is 11.5 Å². The normalized spacial score (nSPS) is 18.1. The lowest BCUT2D eigenvalue weighted by Crippen LogP contribution is -2.27. The standard InChI is InChI=1S/C19H25NO/c1-4-9-20-19(18-10-13(2)21-14(18)3)12-16-11-15-7-5-6-8-17(15)16/h5-8,10,16,19-20H,4,9,11-12H2,1-3H3. The zero-order valence-electron chi connectivity index (χ0n) is 13.3. The lowest BCUT2D eigenvalue weighted by molar-refractivity contribution is 0.419. The fraction of sp³-hybridized carbons (Fsp3) is 0.474. The van der Waals surface area contributed by atoms with Crippen molar-refractivity contribution in [2.24, 2.45) is 0 Å². The number of furan rings is 1. The van der Waals surface area contributed by atoms with Gasteiger partial charge in [0.2, 0.25) is 0 Å². The summed E-state index contributed by atoms with van der Waals surface area (Å²) in [6.45, 7) is 7.39. The number of rotatable bonds is 6. The van der Waals surface area contributed by atoms with E-state index in [4.69, 9.17) is 4.42 Å². The molecule has 0 amide bonds. The van der Waals surface area contributed by atoms with Crippen LogP contribution in [0.3, 0.4) is 0 Å². The van der Waals surface area contributed by atoms with Gasteiger partial charge in [0.05, 0.1) is 0 Å². The van der Waals surface area contributed by atoms with Crippen molar-refractivity contribution in [3.8, 4) is 0 Å². The average molecular weight is 283 g/mol. The molecule has 0 radical (unpaired) electrons. The summed E-state index contributed by atoms with van der Waals surface area (Å²) in [6, 6.07) is 11.5. The summed E-state index contributed by atoms with van der Waals surface area (Å²) in [7, 11) is 0. The number of benzene rings is 1. The molecule has 2 unspecified atom stereocenters. The van der Waals surface area contributed by atoms with Gasteiger partial charge in [0.25, 0.3) is 0 Å². The zero-order valence-corrected chi connectivity index (χ0v) is 13.3. The number of aryl methyl sites for hydroxylation is 2. The van der Waals surface area contributed by atoms with Gasteiger partial charge < -0.3 is 9.73 Å². The van der Waals surface area contributed by atoms with Crippen LogP contribution in [0.15, 0.2) is 34.7 Å². The summed E-state index contributed by atoms with van der Waals surface area (Å²) in [5, 5.41) is 3.71. The molecule has 112 valence electrons. The molecule has 3 rings (SSSR count). The summed E-state index contributed by atoms with van der Waals surface area (Å²) in [5.74, 6) is 2.76. The molecule has 0 spiro atoms. The Morgan fingerprint density at radius 1 is 1.29 bits per heavy atom. The van der Waals surface area contributed by atoms with Crippen molar-refractivity contribution in [1.82, 2.24) is 5.32 Å². The largest absolute Gasteiger partial charge is 0.466 e. The smallest absolute Gasteiger partial charge is 0.105 e. The first-order valence-electron chi connectivity index (χ1n) is 8.07. The van der Waals surface area contributed by atoms with Crippen LogP contribution >= 0.6 is 0 Å². The van der Waals surface area contributed by atoms with E-state index >= 15 is 0 Å². The first kappa shape index (κ1) is 14.4. The Morgan fingerprint density at radius 2 is 2.10 bits per heavy atom. The molecule has 0 bridgehead atoms. The van der Waals surface area contributed by atoms with E-state index in [2.05, 4.69) is 49.5 Å². The van der Waals surface area contributed by atoms with Crippen LogP contribution in [0.1, 0.15) is 59.9 Å². The molecule has 0 aliphatic heterocycles. The number of fused-ring (bicyclic) bond motifs is 1. The summed E-state index contributed by atoms with van der Waals surface area (Å²) in [4.78, 5) is 0. The first-order valence-corrected chi connectivity index (χ1v) is 8.07. The lowest BCUT2D eigenvalue weighted by atomic mass is 9.74. The minimum Gasteiger partial charge on any atom is -0.466 e. The monoisotopic (exact) mass is 283 g/mol. The molecule has 1 aromatic heterocycles. The van der Waals surface area contributed by atoms with Crippen molar-refractivity contribution in [2.75, 3.05) is 6.54 Å². The van der Waals surface area contributed by atoms with Crippen molar-refractivity contribution in [3.05, 3.63) is 58.5 Å². The van der Waals surface area contributed by atoms with E-state index in [-0.39, 0.29) is 0 Å². The molecule has 1 heterocycles. The van der Waals surface area contributed by atoms with Crippen LogP contribution in [0.5, 0.6) is 0 Å². The van der Waals surface area contributed by atoms with Crippen LogP contribution < -0.4 is 5.32 Å². The molecule has 1 aliphatic carbocycles. The maximum atomic E-state index is 5.74. The molecule has 0 fully saturated rings. The Balaban J connectivity index is 1.76. The van der Waals surface area contributed by atoms with Gasteiger partial charge in [-0.25, -0.2) is 0 Å². The predicted molar refractivity (Wildman–Crippen MR) is 86.7 cm³/mol. The SMILES string of the molecule is CCCNC(CC1Cc2ccccc21)c1cc(C)oc1C.